The number of carbonyl (C=O) groups excluding carboxylic acids is 1. The van der Waals surface area contributed by atoms with Crippen molar-refractivity contribution in [3.05, 3.63) is 0 Å². The van der Waals surface area contributed by atoms with Gasteiger partial charge >= 0.3 is 0 Å². The van der Waals surface area contributed by atoms with Crippen molar-refractivity contribution in [3.63, 3.8) is 0 Å². The van der Waals surface area contributed by atoms with Gasteiger partial charge in [0.05, 0.1) is 6.04 Å². The number of hydrogen-bond acceptors (Lipinski definition) is 2. The highest BCUT2D eigenvalue weighted by Gasteiger charge is 2.28. The topological polar surface area (TPSA) is 23.6 Å². The Balaban J connectivity index is 2.57. The summed E-state index contributed by atoms with van der Waals surface area (Å²) in [7, 11) is 4.00. The predicted octanol–water partition coefficient (Wildman–Crippen LogP) is 1.59. The van der Waals surface area contributed by atoms with Gasteiger partial charge in [0, 0.05) is 13.1 Å². The monoisotopic (exact) mass is 212 g/mol. The lowest BCUT2D eigenvalue weighted by Crippen LogP contribution is -2.45. The van der Waals surface area contributed by atoms with E-state index in [1.54, 1.807) is 0 Å². The zero-order valence-electron chi connectivity index (χ0n) is 10.5. The minimum absolute atomic E-state index is 0.0723. The van der Waals surface area contributed by atoms with Crippen LogP contribution in [0.3, 0.4) is 0 Å². The van der Waals surface area contributed by atoms with Crippen molar-refractivity contribution < 1.29 is 4.79 Å². The summed E-state index contributed by atoms with van der Waals surface area (Å²) < 4.78 is 0. The van der Waals surface area contributed by atoms with Crippen LogP contribution in [0.5, 0.6) is 0 Å². The average molecular weight is 212 g/mol. The minimum Gasteiger partial charge on any atom is -0.341 e. The Morgan fingerprint density at radius 3 is 2.20 bits per heavy atom. The Kier molecular flexibility index (Phi) is 4.58. The molecule has 0 aromatic heterocycles. The van der Waals surface area contributed by atoms with Gasteiger partial charge in [-0.1, -0.05) is 13.8 Å². The fraction of sp³-hybridized carbons (Fsp3) is 0.917. The molecule has 0 aromatic rings. The zero-order chi connectivity index (χ0) is 11.4. The van der Waals surface area contributed by atoms with Crippen LogP contribution in [-0.2, 0) is 4.79 Å². The lowest BCUT2D eigenvalue weighted by molar-refractivity contribution is -0.135. The van der Waals surface area contributed by atoms with Gasteiger partial charge in [-0.15, -0.1) is 0 Å². The van der Waals surface area contributed by atoms with Crippen LogP contribution in [0.2, 0.25) is 0 Å². The number of nitrogens with zero attached hydrogens (tertiary/aromatic N) is 2. The van der Waals surface area contributed by atoms with E-state index >= 15 is 0 Å². The summed E-state index contributed by atoms with van der Waals surface area (Å²) in [4.78, 5) is 16.3. The van der Waals surface area contributed by atoms with E-state index in [1.807, 2.05) is 19.0 Å². The number of likely N-dealkylation sites (tertiary alicyclic amines) is 1. The highest BCUT2D eigenvalue weighted by molar-refractivity contribution is 5.82. The van der Waals surface area contributed by atoms with Crippen LogP contribution in [0.1, 0.15) is 33.1 Å². The Hall–Kier alpha value is -0.570. The van der Waals surface area contributed by atoms with Gasteiger partial charge in [0.2, 0.25) is 5.91 Å². The summed E-state index contributed by atoms with van der Waals surface area (Å²) in [6.07, 6.45) is 3.31. The van der Waals surface area contributed by atoms with E-state index in [0.29, 0.717) is 11.8 Å². The van der Waals surface area contributed by atoms with E-state index in [0.717, 1.165) is 19.5 Å². The van der Waals surface area contributed by atoms with Crippen LogP contribution in [0.15, 0.2) is 0 Å². The number of rotatable bonds is 4. The third kappa shape index (κ3) is 3.49. The Bertz CT molecular complexity index is 208. The molecule has 0 bridgehead atoms. The molecule has 1 amide bonds. The summed E-state index contributed by atoms with van der Waals surface area (Å²) in [6.45, 7) is 6.27. The molecule has 15 heavy (non-hydrogen) atoms. The highest BCUT2D eigenvalue weighted by Crippen LogP contribution is 2.15. The maximum Gasteiger partial charge on any atom is 0.239 e. The molecule has 1 aliphatic heterocycles. The quantitative estimate of drug-likeness (QED) is 0.706. The van der Waals surface area contributed by atoms with E-state index in [1.165, 1.54) is 12.8 Å². The van der Waals surface area contributed by atoms with Crippen LogP contribution in [0.4, 0.5) is 0 Å². The van der Waals surface area contributed by atoms with Gasteiger partial charge in [0.15, 0.2) is 0 Å². The lowest BCUT2D eigenvalue weighted by Gasteiger charge is -2.29. The Labute approximate surface area is 93.4 Å². The van der Waals surface area contributed by atoms with E-state index in [2.05, 4.69) is 18.7 Å². The molecular weight excluding hydrogens is 188 g/mol. The van der Waals surface area contributed by atoms with Crippen molar-refractivity contribution in [2.24, 2.45) is 5.92 Å². The minimum atomic E-state index is 0.0723. The number of carbonyl (C=O) groups is 1. The second-order valence-electron chi connectivity index (χ2n) is 5.14. The lowest BCUT2D eigenvalue weighted by atomic mass is 10.0. The third-order valence-corrected chi connectivity index (χ3v) is 3.02. The molecule has 3 nitrogen and oxygen atoms in total. The first kappa shape index (κ1) is 12.5. The van der Waals surface area contributed by atoms with Crippen molar-refractivity contribution in [1.29, 1.82) is 0 Å². The SMILES string of the molecule is CC(C)CC(C(=O)N1CCCC1)N(C)C. The molecule has 0 aromatic carbocycles. The highest BCUT2D eigenvalue weighted by atomic mass is 16.2. The molecule has 1 atom stereocenters. The third-order valence-electron chi connectivity index (χ3n) is 3.02. The fourth-order valence-corrected chi connectivity index (χ4v) is 2.13. The van der Waals surface area contributed by atoms with Crippen LogP contribution in [0, 0.1) is 5.92 Å². The molecule has 1 fully saturated rings. The van der Waals surface area contributed by atoms with Crippen molar-refractivity contribution in [3.8, 4) is 0 Å². The maximum atomic E-state index is 12.2. The van der Waals surface area contributed by atoms with E-state index < -0.39 is 0 Å². The molecule has 0 aliphatic carbocycles. The van der Waals surface area contributed by atoms with Crippen molar-refractivity contribution in [2.75, 3.05) is 27.2 Å². The molecule has 0 spiro atoms. The van der Waals surface area contributed by atoms with E-state index in [4.69, 9.17) is 0 Å². The predicted molar refractivity (Wildman–Crippen MR) is 62.7 cm³/mol. The summed E-state index contributed by atoms with van der Waals surface area (Å²) >= 11 is 0. The fourth-order valence-electron chi connectivity index (χ4n) is 2.13. The van der Waals surface area contributed by atoms with Gasteiger partial charge in [-0.2, -0.15) is 0 Å². The molecule has 0 saturated carbocycles. The standard InChI is InChI=1S/C12H24N2O/c1-10(2)9-11(13(3)4)12(15)14-7-5-6-8-14/h10-11H,5-9H2,1-4H3. The molecular formula is C12H24N2O. The maximum absolute atomic E-state index is 12.2. The average Bonchev–Trinajstić information content (AvgIpc) is 2.65. The molecule has 0 N–H and O–H groups in total. The van der Waals surface area contributed by atoms with E-state index in [-0.39, 0.29) is 6.04 Å². The summed E-state index contributed by atoms with van der Waals surface area (Å²) in [5.41, 5.74) is 0. The van der Waals surface area contributed by atoms with Gasteiger partial charge in [-0.05, 0) is 39.3 Å². The number of amides is 1. The molecule has 3 heteroatoms. The summed E-state index contributed by atoms with van der Waals surface area (Å²) in [6, 6.07) is 0.0723. The Morgan fingerprint density at radius 1 is 1.27 bits per heavy atom. The number of likely N-dealkylation sites (N-methyl/N-ethyl adjacent to an activating group) is 1. The van der Waals surface area contributed by atoms with Crippen molar-refractivity contribution >= 4 is 5.91 Å². The molecule has 1 aliphatic rings. The van der Waals surface area contributed by atoms with Gasteiger partial charge < -0.3 is 4.90 Å². The normalized spacial score (nSPS) is 18.9. The van der Waals surface area contributed by atoms with Crippen molar-refractivity contribution in [2.45, 2.75) is 39.2 Å². The smallest absolute Gasteiger partial charge is 0.239 e. The molecule has 1 saturated heterocycles. The first-order valence-corrected chi connectivity index (χ1v) is 5.97. The van der Waals surface area contributed by atoms with Crippen molar-refractivity contribution in [1.82, 2.24) is 9.80 Å². The molecule has 1 rings (SSSR count). The summed E-state index contributed by atoms with van der Waals surface area (Å²) in [5, 5.41) is 0. The zero-order valence-corrected chi connectivity index (χ0v) is 10.5. The van der Waals surface area contributed by atoms with Crippen LogP contribution in [0.25, 0.3) is 0 Å². The molecule has 1 unspecified atom stereocenters. The van der Waals surface area contributed by atoms with Crippen LogP contribution < -0.4 is 0 Å². The molecule has 0 radical (unpaired) electrons. The van der Waals surface area contributed by atoms with Crippen LogP contribution in [-0.4, -0.2) is 48.9 Å². The van der Waals surface area contributed by atoms with Gasteiger partial charge in [-0.3, -0.25) is 9.69 Å². The van der Waals surface area contributed by atoms with Gasteiger partial charge in [0.1, 0.15) is 0 Å². The van der Waals surface area contributed by atoms with E-state index in [9.17, 15) is 4.79 Å². The van der Waals surface area contributed by atoms with Gasteiger partial charge in [0.25, 0.3) is 0 Å². The molecule has 1 heterocycles. The first-order chi connectivity index (χ1) is 7.02. The first-order valence-electron chi connectivity index (χ1n) is 5.97. The second-order valence-corrected chi connectivity index (χ2v) is 5.14. The second kappa shape index (κ2) is 5.50. The van der Waals surface area contributed by atoms with Crippen LogP contribution >= 0.6 is 0 Å². The summed E-state index contributed by atoms with van der Waals surface area (Å²) in [5.74, 6) is 0.898. The van der Waals surface area contributed by atoms with Gasteiger partial charge in [-0.25, -0.2) is 0 Å². The molecule has 88 valence electrons. The Morgan fingerprint density at radius 2 is 1.80 bits per heavy atom. The largest absolute Gasteiger partial charge is 0.341 e. The number of hydrogen-bond donors (Lipinski definition) is 0.